The number of carbonyl (C=O) groups is 1. The summed E-state index contributed by atoms with van der Waals surface area (Å²) in [5.74, 6) is 1.23. The predicted molar refractivity (Wildman–Crippen MR) is 89.8 cm³/mol. The maximum Gasteiger partial charge on any atom is 0.316 e. The standard InChI is InChI=1S/C19H28O4/c1-4-5-15(2)14-23-17-8-6-16(7-9-17)19(18(20)21-3)10-12-22-13-11-19/h6-9,15H,4-5,10-14H2,1-3H3. The topological polar surface area (TPSA) is 44.8 Å². The third-order valence-electron chi connectivity index (χ3n) is 4.65. The van der Waals surface area contributed by atoms with E-state index in [4.69, 9.17) is 14.2 Å². The molecular formula is C19H28O4. The van der Waals surface area contributed by atoms with Gasteiger partial charge in [0.25, 0.3) is 0 Å². The first kappa shape index (κ1) is 17.8. The quantitative estimate of drug-likeness (QED) is 0.718. The Morgan fingerprint density at radius 2 is 1.91 bits per heavy atom. The van der Waals surface area contributed by atoms with Gasteiger partial charge in [-0.1, -0.05) is 32.4 Å². The summed E-state index contributed by atoms with van der Waals surface area (Å²) in [4.78, 5) is 12.4. The Bertz CT molecular complexity index is 489. The van der Waals surface area contributed by atoms with E-state index in [1.807, 2.05) is 24.3 Å². The maximum atomic E-state index is 12.4. The molecule has 0 saturated carbocycles. The molecule has 4 heteroatoms. The van der Waals surface area contributed by atoms with E-state index >= 15 is 0 Å². The smallest absolute Gasteiger partial charge is 0.316 e. The molecule has 4 nitrogen and oxygen atoms in total. The van der Waals surface area contributed by atoms with Crippen LogP contribution in [0.2, 0.25) is 0 Å². The Balaban J connectivity index is 2.08. The highest BCUT2D eigenvalue weighted by atomic mass is 16.5. The fourth-order valence-corrected chi connectivity index (χ4v) is 3.21. The summed E-state index contributed by atoms with van der Waals surface area (Å²) in [6, 6.07) is 7.88. The van der Waals surface area contributed by atoms with Crippen molar-refractivity contribution in [2.24, 2.45) is 5.92 Å². The molecule has 1 saturated heterocycles. The van der Waals surface area contributed by atoms with Gasteiger partial charge in [-0.05, 0) is 42.9 Å². The number of esters is 1. The third kappa shape index (κ3) is 4.25. The molecule has 1 unspecified atom stereocenters. The molecule has 0 aliphatic carbocycles. The minimum atomic E-state index is -0.582. The molecular weight excluding hydrogens is 292 g/mol. The fraction of sp³-hybridized carbons (Fsp3) is 0.632. The minimum absolute atomic E-state index is 0.175. The lowest BCUT2D eigenvalue weighted by Gasteiger charge is -2.34. The van der Waals surface area contributed by atoms with Crippen LogP contribution in [0.15, 0.2) is 24.3 Å². The van der Waals surface area contributed by atoms with Crippen molar-refractivity contribution in [3.05, 3.63) is 29.8 Å². The molecule has 0 radical (unpaired) electrons. The minimum Gasteiger partial charge on any atom is -0.493 e. The van der Waals surface area contributed by atoms with Gasteiger partial charge in [0.1, 0.15) is 5.75 Å². The van der Waals surface area contributed by atoms with Gasteiger partial charge in [0.15, 0.2) is 0 Å². The van der Waals surface area contributed by atoms with Crippen LogP contribution in [0.1, 0.15) is 45.1 Å². The lowest BCUT2D eigenvalue weighted by Crippen LogP contribution is -2.42. The number of ether oxygens (including phenoxy) is 3. The largest absolute Gasteiger partial charge is 0.493 e. The molecule has 0 N–H and O–H groups in total. The lowest BCUT2D eigenvalue weighted by molar-refractivity contribution is -0.151. The van der Waals surface area contributed by atoms with Crippen LogP contribution in [0, 0.1) is 5.92 Å². The normalized spacial score (nSPS) is 18.2. The molecule has 1 aliphatic rings. The summed E-state index contributed by atoms with van der Waals surface area (Å²) in [6.07, 6.45) is 3.66. The Kier molecular flexibility index (Phi) is 6.46. The molecule has 0 aromatic heterocycles. The number of rotatable bonds is 7. The Morgan fingerprint density at radius 3 is 2.48 bits per heavy atom. The highest BCUT2D eigenvalue weighted by Gasteiger charge is 2.42. The zero-order chi connectivity index (χ0) is 16.7. The molecule has 128 valence electrons. The van der Waals surface area contributed by atoms with Crippen LogP contribution >= 0.6 is 0 Å². The van der Waals surface area contributed by atoms with Crippen LogP contribution in [0.3, 0.4) is 0 Å². The maximum absolute atomic E-state index is 12.4. The molecule has 1 heterocycles. The van der Waals surface area contributed by atoms with Crippen LogP contribution in [-0.2, 0) is 19.7 Å². The van der Waals surface area contributed by atoms with E-state index in [0.29, 0.717) is 32.0 Å². The van der Waals surface area contributed by atoms with E-state index in [0.717, 1.165) is 17.9 Å². The summed E-state index contributed by atoms with van der Waals surface area (Å²) in [5.41, 5.74) is 0.405. The van der Waals surface area contributed by atoms with Gasteiger partial charge in [0.05, 0.1) is 19.1 Å². The van der Waals surface area contributed by atoms with Crippen LogP contribution in [0.25, 0.3) is 0 Å². The first-order valence-electron chi connectivity index (χ1n) is 8.52. The van der Waals surface area contributed by atoms with E-state index in [2.05, 4.69) is 13.8 Å². The predicted octanol–water partition coefficient (Wildman–Crippen LogP) is 3.72. The molecule has 1 aromatic carbocycles. The molecule has 0 bridgehead atoms. The van der Waals surface area contributed by atoms with Crippen molar-refractivity contribution in [2.75, 3.05) is 26.9 Å². The summed E-state index contributed by atoms with van der Waals surface area (Å²) in [7, 11) is 1.45. The second-order valence-electron chi connectivity index (χ2n) is 6.42. The molecule has 2 rings (SSSR count). The van der Waals surface area contributed by atoms with Crippen LogP contribution in [0.5, 0.6) is 5.75 Å². The third-order valence-corrected chi connectivity index (χ3v) is 4.65. The molecule has 0 spiro atoms. The Hall–Kier alpha value is -1.55. The highest BCUT2D eigenvalue weighted by molar-refractivity contribution is 5.83. The van der Waals surface area contributed by atoms with Crippen molar-refractivity contribution in [3.8, 4) is 5.75 Å². The molecule has 1 aliphatic heterocycles. The van der Waals surface area contributed by atoms with Crippen molar-refractivity contribution in [3.63, 3.8) is 0 Å². The summed E-state index contributed by atoms with van der Waals surface area (Å²) >= 11 is 0. The Morgan fingerprint density at radius 1 is 1.26 bits per heavy atom. The molecule has 1 fully saturated rings. The van der Waals surface area contributed by atoms with E-state index in [1.165, 1.54) is 20.0 Å². The van der Waals surface area contributed by atoms with E-state index in [9.17, 15) is 4.79 Å². The SMILES string of the molecule is CCCC(C)COc1ccc(C2(C(=O)OC)CCOCC2)cc1. The summed E-state index contributed by atoms with van der Waals surface area (Å²) < 4.78 is 16.3. The van der Waals surface area contributed by atoms with E-state index < -0.39 is 5.41 Å². The van der Waals surface area contributed by atoms with Gasteiger partial charge >= 0.3 is 5.97 Å². The average Bonchev–Trinajstić information content (AvgIpc) is 2.60. The zero-order valence-corrected chi connectivity index (χ0v) is 14.5. The van der Waals surface area contributed by atoms with Gasteiger partial charge in [-0.15, -0.1) is 0 Å². The van der Waals surface area contributed by atoms with Gasteiger partial charge in [0, 0.05) is 13.2 Å². The van der Waals surface area contributed by atoms with Gasteiger partial charge in [0.2, 0.25) is 0 Å². The molecule has 1 aromatic rings. The van der Waals surface area contributed by atoms with Crippen LogP contribution < -0.4 is 4.74 Å². The molecule has 23 heavy (non-hydrogen) atoms. The van der Waals surface area contributed by atoms with E-state index in [1.54, 1.807) is 0 Å². The lowest BCUT2D eigenvalue weighted by atomic mass is 9.74. The van der Waals surface area contributed by atoms with Crippen LogP contribution in [0.4, 0.5) is 0 Å². The number of hydrogen-bond acceptors (Lipinski definition) is 4. The first-order chi connectivity index (χ1) is 11.1. The van der Waals surface area contributed by atoms with Crippen molar-refractivity contribution in [1.29, 1.82) is 0 Å². The monoisotopic (exact) mass is 320 g/mol. The zero-order valence-electron chi connectivity index (χ0n) is 14.5. The number of hydrogen-bond donors (Lipinski definition) is 0. The van der Waals surface area contributed by atoms with Crippen molar-refractivity contribution >= 4 is 5.97 Å². The summed E-state index contributed by atoms with van der Waals surface area (Å²) in [6.45, 7) is 6.28. The highest BCUT2D eigenvalue weighted by Crippen LogP contribution is 2.36. The fourth-order valence-electron chi connectivity index (χ4n) is 3.21. The van der Waals surface area contributed by atoms with Crippen molar-refractivity contribution in [2.45, 2.75) is 44.9 Å². The summed E-state index contributed by atoms with van der Waals surface area (Å²) in [5, 5.41) is 0. The van der Waals surface area contributed by atoms with Crippen molar-refractivity contribution in [1.82, 2.24) is 0 Å². The Labute approximate surface area is 139 Å². The van der Waals surface area contributed by atoms with Gasteiger partial charge in [-0.3, -0.25) is 4.79 Å². The second-order valence-corrected chi connectivity index (χ2v) is 6.42. The molecule has 0 amide bonds. The number of carbonyl (C=O) groups excluding carboxylic acids is 1. The number of benzene rings is 1. The molecule has 1 atom stereocenters. The average molecular weight is 320 g/mol. The van der Waals surface area contributed by atoms with Gasteiger partial charge in [-0.25, -0.2) is 0 Å². The number of methoxy groups -OCH3 is 1. The van der Waals surface area contributed by atoms with Crippen LogP contribution in [-0.4, -0.2) is 32.9 Å². The second kappa shape index (κ2) is 8.34. The van der Waals surface area contributed by atoms with E-state index in [-0.39, 0.29) is 5.97 Å². The van der Waals surface area contributed by atoms with Gasteiger partial charge < -0.3 is 14.2 Å². The van der Waals surface area contributed by atoms with Gasteiger partial charge in [-0.2, -0.15) is 0 Å². The van der Waals surface area contributed by atoms with Crippen molar-refractivity contribution < 1.29 is 19.0 Å². The first-order valence-corrected chi connectivity index (χ1v) is 8.52.